The first-order valence-corrected chi connectivity index (χ1v) is 6.65. The topological polar surface area (TPSA) is 68.2 Å². The van der Waals surface area contributed by atoms with Crippen molar-refractivity contribution in [3.05, 3.63) is 0 Å². The van der Waals surface area contributed by atoms with Gasteiger partial charge in [-0.05, 0) is 0 Å². The smallest absolute Gasteiger partial charge is 0.390 e. The third-order valence-electron chi connectivity index (χ3n) is 2.06. The van der Waals surface area contributed by atoms with Gasteiger partial charge in [-0.25, -0.2) is 0 Å². The molecule has 0 saturated carbocycles. The Hall–Kier alpha value is 0.0169. The Balaban J connectivity index is 2.56. The summed E-state index contributed by atoms with van der Waals surface area (Å²) in [4.78, 5) is 10.0. The lowest BCUT2D eigenvalue weighted by Crippen LogP contribution is -2.47. The van der Waals surface area contributed by atoms with E-state index in [1.54, 1.807) is 0 Å². The summed E-state index contributed by atoms with van der Waals surface area (Å²) in [5.41, 5.74) is -0.0622. The fourth-order valence-electron chi connectivity index (χ4n) is 1.10. The predicted molar refractivity (Wildman–Crippen MR) is 51.8 cm³/mol. The molecule has 5 nitrogen and oxygen atoms in total. The van der Waals surface area contributed by atoms with Gasteiger partial charge in [0.2, 0.25) is 0 Å². The molecule has 1 fully saturated rings. The largest absolute Gasteiger partial charge is 0.501 e. The van der Waals surface area contributed by atoms with Gasteiger partial charge < -0.3 is 23.5 Å². The van der Waals surface area contributed by atoms with Gasteiger partial charge in [-0.1, -0.05) is 13.8 Å². The van der Waals surface area contributed by atoms with E-state index in [0.29, 0.717) is 13.2 Å². The van der Waals surface area contributed by atoms with Crippen LogP contribution in [-0.4, -0.2) is 51.2 Å². The van der Waals surface area contributed by atoms with Gasteiger partial charge in [0, 0.05) is 5.54 Å². The summed E-state index contributed by atoms with van der Waals surface area (Å²) in [6.45, 7) is 4.68. The van der Waals surface area contributed by atoms with Gasteiger partial charge in [-0.3, -0.25) is 0 Å². The van der Waals surface area contributed by atoms with Crippen molar-refractivity contribution in [2.75, 3.05) is 26.4 Å². The molecule has 0 aliphatic carbocycles. The van der Waals surface area contributed by atoms with Crippen molar-refractivity contribution in [3.63, 3.8) is 0 Å². The standard InChI is InChI=1S/C8H18O5Si/c1-7(2)14(10)12-4-3-11-5-8(9)6-13-14/h7-10H,3-6H2,1-2H3. The number of aliphatic hydroxyl groups is 1. The van der Waals surface area contributed by atoms with Gasteiger partial charge in [0.05, 0.1) is 32.5 Å². The van der Waals surface area contributed by atoms with Crippen LogP contribution < -0.4 is 0 Å². The molecule has 0 bridgehead atoms. The van der Waals surface area contributed by atoms with Crippen LogP contribution in [0, 0.1) is 0 Å². The molecule has 6 heteroatoms. The maximum atomic E-state index is 10.0. The lowest BCUT2D eigenvalue weighted by molar-refractivity contribution is 0.0131. The molecule has 1 aliphatic rings. The van der Waals surface area contributed by atoms with Crippen LogP contribution in [0.1, 0.15) is 13.8 Å². The van der Waals surface area contributed by atoms with E-state index in [2.05, 4.69) is 0 Å². The fraction of sp³-hybridized carbons (Fsp3) is 1.00. The summed E-state index contributed by atoms with van der Waals surface area (Å²) in [6, 6.07) is 0. The van der Waals surface area contributed by atoms with E-state index in [9.17, 15) is 9.90 Å². The first-order chi connectivity index (χ1) is 6.54. The van der Waals surface area contributed by atoms with E-state index in [1.807, 2.05) is 13.8 Å². The molecular weight excluding hydrogens is 204 g/mol. The van der Waals surface area contributed by atoms with Crippen molar-refractivity contribution in [1.29, 1.82) is 0 Å². The number of rotatable bonds is 1. The zero-order valence-corrected chi connectivity index (χ0v) is 9.60. The second kappa shape index (κ2) is 5.20. The Kier molecular flexibility index (Phi) is 4.49. The Bertz CT molecular complexity index is 177. The van der Waals surface area contributed by atoms with E-state index in [4.69, 9.17) is 13.6 Å². The maximum absolute atomic E-state index is 10.0. The van der Waals surface area contributed by atoms with Crippen molar-refractivity contribution in [2.24, 2.45) is 0 Å². The van der Waals surface area contributed by atoms with Gasteiger partial charge in [-0.2, -0.15) is 0 Å². The summed E-state index contributed by atoms with van der Waals surface area (Å²) >= 11 is 0. The summed E-state index contributed by atoms with van der Waals surface area (Å²) in [5, 5.41) is 9.36. The number of hydrogen-bond acceptors (Lipinski definition) is 5. The molecule has 1 heterocycles. The Morgan fingerprint density at radius 1 is 1.21 bits per heavy atom. The summed E-state index contributed by atoms with van der Waals surface area (Å²) < 4.78 is 15.7. The molecule has 0 aromatic carbocycles. The molecule has 2 atom stereocenters. The second-order valence-corrected chi connectivity index (χ2v) is 6.67. The molecule has 2 N–H and O–H groups in total. The van der Waals surface area contributed by atoms with Gasteiger partial charge in [-0.15, -0.1) is 0 Å². The monoisotopic (exact) mass is 222 g/mol. The van der Waals surface area contributed by atoms with Crippen LogP contribution in [0.25, 0.3) is 0 Å². The molecule has 0 aromatic rings. The predicted octanol–water partition coefficient (Wildman–Crippen LogP) is -0.248. The molecule has 0 radical (unpaired) electrons. The molecule has 84 valence electrons. The average Bonchev–Trinajstić information content (AvgIpc) is 2.20. The highest BCUT2D eigenvalue weighted by atomic mass is 28.4. The van der Waals surface area contributed by atoms with Gasteiger partial charge >= 0.3 is 8.80 Å². The van der Waals surface area contributed by atoms with Gasteiger partial charge in [0.1, 0.15) is 0 Å². The SMILES string of the molecule is CC(C)[Si]1(O)OCCOCC(O)CO1. The average molecular weight is 222 g/mol. The molecule has 0 aromatic heterocycles. The van der Waals surface area contributed by atoms with Crippen LogP contribution in [0.2, 0.25) is 5.54 Å². The zero-order chi connectivity index (χ0) is 10.6. The third kappa shape index (κ3) is 3.30. The number of aliphatic hydroxyl groups excluding tert-OH is 1. The molecule has 1 aliphatic heterocycles. The first-order valence-electron chi connectivity index (χ1n) is 4.80. The normalized spacial score (nSPS) is 36.2. The zero-order valence-electron chi connectivity index (χ0n) is 8.60. The Labute approximate surface area is 85.0 Å². The molecule has 1 saturated heterocycles. The van der Waals surface area contributed by atoms with Crippen molar-refractivity contribution < 1.29 is 23.5 Å². The van der Waals surface area contributed by atoms with Crippen LogP contribution in [0.15, 0.2) is 0 Å². The van der Waals surface area contributed by atoms with E-state index in [1.165, 1.54) is 0 Å². The minimum atomic E-state index is -3.11. The molecule has 14 heavy (non-hydrogen) atoms. The van der Waals surface area contributed by atoms with Crippen LogP contribution in [0.5, 0.6) is 0 Å². The van der Waals surface area contributed by atoms with Crippen molar-refractivity contribution in [3.8, 4) is 0 Å². The number of ether oxygens (including phenoxy) is 1. The summed E-state index contributed by atoms with van der Waals surface area (Å²) in [6.07, 6.45) is -0.686. The van der Waals surface area contributed by atoms with E-state index in [0.717, 1.165) is 0 Å². The van der Waals surface area contributed by atoms with E-state index in [-0.39, 0.29) is 18.8 Å². The van der Waals surface area contributed by atoms with Gasteiger partial charge in [0.15, 0.2) is 0 Å². The molecule has 2 unspecified atom stereocenters. The highest BCUT2D eigenvalue weighted by Crippen LogP contribution is 2.21. The van der Waals surface area contributed by atoms with Crippen LogP contribution in [-0.2, 0) is 13.6 Å². The Morgan fingerprint density at radius 2 is 1.93 bits per heavy atom. The van der Waals surface area contributed by atoms with Gasteiger partial charge in [0.25, 0.3) is 0 Å². The summed E-state index contributed by atoms with van der Waals surface area (Å²) in [7, 11) is -3.11. The summed E-state index contributed by atoms with van der Waals surface area (Å²) in [5.74, 6) is 0. The minimum absolute atomic E-state index is 0.0622. The first kappa shape index (κ1) is 12.1. The van der Waals surface area contributed by atoms with Crippen molar-refractivity contribution >= 4 is 8.80 Å². The third-order valence-corrected chi connectivity index (χ3v) is 4.72. The lowest BCUT2D eigenvalue weighted by atomic mass is 10.4. The van der Waals surface area contributed by atoms with Crippen LogP contribution >= 0.6 is 0 Å². The maximum Gasteiger partial charge on any atom is 0.501 e. The highest BCUT2D eigenvalue weighted by molar-refractivity contribution is 6.60. The van der Waals surface area contributed by atoms with Crippen LogP contribution in [0.4, 0.5) is 0 Å². The number of hydrogen-bond donors (Lipinski definition) is 2. The minimum Gasteiger partial charge on any atom is -0.390 e. The highest BCUT2D eigenvalue weighted by Gasteiger charge is 2.42. The van der Waals surface area contributed by atoms with Crippen LogP contribution in [0.3, 0.4) is 0 Å². The quantitative estimate of drug-likeness (QED) is 0.599. The molecular formula is C8H18O5Si. The molecule has 0 amide bonds. The van der Waals surface area contributed by atoms with Crippen molar-refractivity contribution in [2.45, 2.75) is 25.5 Å². The van der Waals surface area contributed by atoms with E-state index >= 15 is 0 Å². The second-order valence-electron chi connectivity index (χ2n) is 3.67. The fourth-order valence-corrected chi connectivity index (χ4v) is 2.66. The molecule has 1 rings (SSSR count). The lowest BCUT2D eigenvalue weighted by Gasteiger charge is -2.27. The van der Waals surface area contributed by atoms with Crippen molar-refractivity contribution in [1.82, 2.24) is 0 Å². The Morgan fingerprint density at radius 3 is 2.57 bits per heavy atom. The molecule has 0 spiro atoms. The van der Waals surface area contributed by atoms with E-state index < -0.39 is 14.9 Å².